The van der Waals surface area contributed by atoms with Crippen LogP contribution in [0.1, 0.15) is 46.0 Å². The summed E-state index contributed by atoms with van der Waals surface area (Å²) in [6.07, 6.45) is 4.66. The highest BCUT2D eigenvalue weighted by molar-refractivity contribution is 6.60. The predicted molar refractivity (Wildman–Crippen MR) is 85.0 cm³/mol. The molecule has 0 fully saturated rings. The van der Waals surface area contributed by atoms with Gasteiger partial charge in [0.2, 0.25) is 0 Å². The van der Waals surface area contributed by atoms with Crippen LogP contribution in [0.3, 0.4) is 0 Å². The maximum atomic E-state index is 11.7. The van der Waals surface area contributed by atoms with Gasteiger partial charge in [-0.15, -0.1) is 0 Å². The second kappa shape index (κ2) is 11.0. The molecule has 0 aliphatic carbocycles. The van der Waals surface area contributed by atoms with Crippen LogP contribution in [0, 0.1) is 0 Å². The fourth-order valence-electron chi connectivity index (χ4n) is 2.03. The van der Waals surface area contributed by atoms with Crippen molar-refractivity contribution >= 4 is 14.8 Å². The van der Waals surface area contributed by atoms with Crippen LogP contribution in [-0.4, -0.2) is 42.2 Å². The molecular formula is C15H30O5Si. The molecule has 0 heterocycles. The zero-order valence-corrected chi connectivity index (χ0v) is 15.1. The summed E-state index contributed by atoms with van der Waals surface area (Å²) < 4.78 is 21.7. The van der Waals surface area contributed by atoms with Gasteiger partial charge in [-0.2, -0.15) is 0 Å². The van der Waals surface area contributed by atoms with Gasteiger partial charge in [0.1, 0.15) is 6.10 Å². The third-order valence-corrected chi connectivity index (χ3v) is 6.22. The van der Waals surface area contributed by atoms with Gasteiger partial charge in [0.25, 0.3) is 0 Å². The zero-order valence-electron chi connectivity index (χ0n) is 14.1. The van der Waals surface area contributed by atoms with Gasteiger partial charge in [0, 0.05) is 32.9 Å². The molecule has 1 atom stereocenters. The summed E-state index contributed by atoms with van der Waals surface area (Å²) in [5.74, 6) is -0.337. The molecule has 0 saturated carbocycles. The molecule has 0 spiro atoms. The van der Waals surface area contributed by atoms with E-state index in [4.69, 9.17) is 18.0 Å². The van der Waals surface area contributed by atoms with Crippen molar-refractivity contribution in [2.45, 2.75) is 58.1 Å². The first-order chi connectivity index (χ1) is 9.94. The Bertz CT molecular complexity index is 307. The van der Waals surface area contributed by atoms with Crippen LogP contribution in [0.15, 0.2) is 12.2 Å². The van der Waals surface area contributed by atoms with E-state index >= 15 is 0 Å². The van der Waals surface area contributed by atoms with E-state index in [1.165, 1.54) is 0 Å². The molecule has 5 nitrogen and oxygen atoms in total. The van der Waals surface area contributed by atoms with Crippen molar-refractivity contribution in [2.75, 3.05) is 21.3 Å². The molecule has 6 heteroatoms. The third-order valence-electron chi connectivity index (χ3n) is 3.46. The Morgan fingerprint density at radius 3 is 2.10 bits per heavy atom. The van der Waals surface area contributed by atoms with Crippen molar-refractivity contribution in [1.82, 2.24) is 0 Å². The molecule has 0 aliphatic rings. The highest BCUT2D eigenvalue weighted by atomic mass is 28.4. The quantitative estimate of drug-likeness (QED) is 0.239. The van der Waals surface area contributed by atoms with E-state index in [1.54, 1.807) is 28.3 Å². The van der Waals surface area contributed by atoms with E-state index in [2.05, 4.69) is 13.5 Å². The molecule has 0 amide bonds. The lowest BCUT2D eigenvalue weighted by Crippen LogP contribution is -2.43. The van der Waals surface area contributed by atoms with Gasteiger partial charge in [0.15, 0.2) is 0 Å². The fraction of sp³-hybridized carbons (Fsp3) is 0.800. The number of unbranched alkanes of at least 4 members (excludes halogenated alkanes) is 2. The molecule has 0 aromatic heterocycles. The standard InChI is InChI=1S/C15H30O5Si/c1-7-8-9-10-14(20-15(16)13(2)3)11-12-21(17-4,18-5)19-6/h14H,2,7-12H2,1,3-6H3. The molecule has 21 heavy (non-hydrogen) atoms. The normalized spacial score (nSPS) is 13.0. The van der Waals surface area contributed by atoms with Gasteiger partial charge in [-0.05, 0) is 26.2 Å². The largest absolute Gasteiger partial charge is 0.500 e. The minimum absolute atomic E-state index is 0.145. The van der Waals surface area contributed by atoms with Crippen molar-refractivity contribution in [3.63, 3.8) is 0 Å². The van der Waals surface area contributed by atoms with E-state index in [0.29, 0.717) is 18.0 Å². The average Bonchev–Trinajstić information content (AvgIpc) is 2.48. The van der Waals surface area contributed by atoms with Gasteiger partial charge < -0.3 is 18.0 Å². The molecule has 0 radical (unpaired) electrons. The summed E-state index contributed by atoms with van der Waals surface area (Å²) in [7, 11) is 2.15. The second-order valence-corrected chi connectivity index (χ2v) is 8.23. The highest BCUT2D eigenvalue weighted by Gasteiger charge is 2.38. The van der Waals surface area contributed by atoms with Crippen molar-refractivity contribution in [2.24, 2.45) is 0 Å². The van der Waals surface area contributed by atoms with Crippen LogP contribution < -0.4 is 0 Å². The highest BCUT2D eigenvalue weighted by Crippen LogP contribution is 2.21. The van der Waals surface area contributed by atoms with Gasteiger partial charge >= 0.3 is 14.8 Å². The number of hydrogen-bond acceptors (Lipinski definition) is 5. The minimum Gasteiger partial charge on any atom is -0.459 e. The van der Waals surface area contributed by atoms with Crippen LogP contribution in [0.5, 0.6) is 0 Å². The van der Waals surface area contributed by atoms with Gasteiger partial charge in [-0.3, -0.25) is 0 Å². The SMILES string of the molecule is C=C(C)C(=O)OC(CCCCC)CC[Si](OC)(OC)OC. The van der Waals surface area contributed by atoms with E-state index in [1.807, 2.05) is 0 Å². The Kier molecular flexibility index (Phi) is 10.6. The number of carbonyl (C=O) groups is 1. The molecule has 0 bridgehead atoms. The molecule has 0 N–H and O–H groups in total. The Morgan fingerprint density at radius 1 is 1.10 bits per heavy atom. The number of carbonyl (C=O) groups excluding carboxylic acids is 1. The maximum absolute atomic E-state index is 11.7. The summed E-state index contributed by atoms with van der Waals surface area (Å²) in [5, 5.41) is 0. The summed E-state index contributed by atoms with van der Waals surface area (Å²) in [6, 6.07) is 0.622. The Balaban J connectivity index is 4.57. The van der Waals surface area contributed by atoms with Crippen molar-refractivity contribution in [1.29, 1.82) is 0 Å². The Labute approximate surface area is 130 Å². The zero-order chi connectivity index (χ0) is 16.3. The molecule has 1 unspecified atom stereocenters. The Hall–Kier alpha value is -0.693. The molecule has 0 aromatic rings. The monoisotopic (exact) mass is 318 g/mol. The first kappa shape index (κ1) is 20.3. The summed E-state index contributed by atoms with van der Waals surface area (Å²) in [5.41, 5.74) is 0.421. The molecular weight excluding hydrogens is 288 g/mol. The van der Waals surface area contributed by atoms with Gasteiger partial charge in [-0.25, -0.2) is 4.79 Å². The van der Waals surface area contributed by atoms with Gasteiger partial charge in [-0.1, -0.05) is 26.3 Å². The number of ether oxygens (including phenoxy) is 1. The molecule has 124 valence electrons. The van der Waals surface area contributed by atoms with Crippen molar-refractivity contribution < 1.29 is 22.8 Å². The lowest BCUT2D eigenvalue weighted by Gasteiger charge is -2.26. The third kappa shape index (κ3) is 7.76. The van der Waals surface area contributed by atoms with Crippen molar-refractivity contribution in [3.8, 4) is 0 Å². The molecule has 0 aromatic carbocycles. The van der Waals surface area contributed by atoms with Crippen molar-refractivity contribution in [3.05, 3.63) is 12.2 Å². The van der Waals surface area contributed by atoms with E-state index < -0.39 is 8.80 Å². The first-order valence-electron chi connectivity index (χ1n) is 7.46. The van der Waals surface area contributed by atoms with Crippen LogP contribution in [0.4, 0.5) is 0 Å². The van der Waals surface area contributed by atoms with E-state index in [9.17, 15) is 4.79 Å². The maximum Gasteiger partial charge on any atom is 0.500 e. The van der Waals surface area contributed by atoms with Crippen LogP contribution in [0.2, 0.25) is 6.04 Å². The van der Waals surface area contributed by atoms with Gasteiger partial charge in [0.05, 0.1) is 0 Å². The number of hydrogen-bond donors (Lipinski definition) is 0. The fourth-order valence-corrected chi connectivity index (χ4v) is 3.82. The smallest absolute Gasteiger partial charge is 0.459 e. The first-order valence-corrected chi connectivity index (χ1v) is 9.39. The predicted octanol–water partition coefficient (Wildman–Crippen LogP) is 3.32. The topological polar surface area (TPSA) is 54.0 Å². The van der Waals surface area contributed by atoms with Crippen LogP contribution >= 0.6 is 0 Å². The lowest BCUT2D eigenvalue weighted by molar-refractivity contribution is -0.144. The van der Waals surface area contributed by atoms with E-state index in [0.717, 1.165) is 25.7 Å². The van der Waals surface area contributed by atoms with Crippen LogP contribution in [0.25, 0.3) is 0 Å². The number of rotatable bonds is 12. The van der Waals surface area contributed by atoms with E-state index in [-0.39, 0.29) is 12.1 Å². The summed E-state index contributed by atoms with van der Waals surface area (Å²) in [6.45, 7) is 7.43. The average molecular weight is 318 g/mol. The van der Waals surface area contributed by atoms with Crippen LogP contribution in [-0.2, 0) is 22.8 Å². The molecule has 0 aliphatic heterocycles. The molecule has 0 rings (SSSR count). The molecule has 0 saturated heterocycles. The summed E-state index contributed by atoms with van der Waals surface area (Å²) in [4.78, 5) is 11.7. The number of esters is 1. The minimum atomic E-state index is -2.62. The summed E-state index contributed by atoms with van der Waals surface area (Å²) >= 11 is 0. The Morgan fingerprint density at radius 2 is 1.67 bits per heavy atom. The lowest BCUT2D eigenvalue weighted by atomic mass is 10.1. The second-order valence-electron chi connectivity index (χ2n) is 5.14.